The van der Waals surface area contributed by atoms with Crippen LogP contribution in [-0.2, 0) is 20.0 Å². The van der Waals surface area contributed by atoms with E-state index < -0.39 is 32.1 Å². The summed E-state index contributed by atoms with van der Waals surface area (Å²) in [6, 6.07) is 15.1. The third-order valence-electron chi connectivity index (χ3n) is 7.35. The molecule has 0 spiro atoms. The molecule has 0 saturated carbocycles. The Hall–Kier alpha value is -4.04. The third-order valence-corrected chi connectivity index (χ3v) is 10.8. The van der Waals surface area contributed by atoms with Crippen molar-refractivity contribution in [1.82, 2.24) is 28.5 Å². The number of sulfonamides is 2. The van der Waals surface area contributed by atoms with Crippen molar-refractivity contribution in [3.8, 4) is 6.07 Å². The summed E-state index contributed by atoms with van der Waals surface area (Å²) in [5.41, 5.74) is 8.17. The van der Waals surface area contributed by atoms with Gasteiger partial charge in [-0.05, 0) is 56.4 Å². The molecule has 0 bridgehead atoms. The molecule has 222 valence electrons. The summed E-state index contributed by atoms with van der Waals surface area (Å²) in [4.78, 5) is 13.9. The van der Waals surface area contributed by atoms with Gasteiger partial charge in [-0.15, -0.1) is 0 Å². The Morgan fingerprint density at radius 3 is 1.88 bits per heavy atom. The van der Waals surface area contributed by atoms with Crippen LogP contribution in [0.15, 0.2) is 64.0 Å². The average Bonchev–Trinajstić information content (AvgIpc) is 3.67. The Morgan fingerprint density at radius 1 is 0.857 bits per heavy atom. The van der Waals surface area contributed by atoms with Gasteiger partial charge in [-0.1, -0.05) is 35.8 Å². The lowest BCUT2D eigenvalue weighted by molar-refractivity contribution is 0.280. The third kappa shape index (κ3) is 5.68. The predicted molar refractivity (Wildman–Crippen MR) is 154 cm³/mol. The topological polar surface area (TPSA) is 215 Å². The fourth-order valence-electron chi connectivity index (χ4n) is 5.20. The van der Waals surface area contributed by atoms with E-state index >= 15 is 0 Å². The van der Waals surface area contributed by atoms with Crippen LogP contribution < -0.4 is 5.73 Å². The highest BCUT2D eigenvalue weighted by Gasteiger charge is 2.38. The summed E-state index contributed by atoms with van der Waals surface area (Å²) in [6.07, 6.45) is 4.31. The first kappa shape index (κ1) is 29.5. The molecule has 2 unspecified atom stereocenters. The number of nitriles is 1. The van der Waals surface area contributed by atoms with Gasteiger partial charge in [0.05, 0.1) is 34.2 Å². The number of aromatic nitrogens is 4. The largest absolute Gasteiger partial charge is 0.409 e. The van der Waals surface area contributed by atoms with Gasteiger partial charge in [-0.3, -0.25) is 0 Å². The highest BCUT2D eigenvalue weighted by Crippen LogP contribution is 2.26. The van der Waals surface area contributed by atoms with Gasteiger partial charge in [0.15, 0.2) is 5.84 Å². The lowest BCUT2D eigenvalue weighted by Gasteiger charge is -2.32. The number of benzene rings is 2. The van der Waals surface area contributed by atoms with Crippen LogP contribution in [0.2, 0.25) is 0 Å². The van der Waals surface area contributed by atoms with E-state index in [0.29, 0.717) is 48.0 Å². The number of rotatable bonds is 5. The van der Waals surface area contributed by atoms with Gasteiger partial charge in [0.2, 0.25) is 10.3 Å². The summed E-state index contributed by atoms with van der Waals surface area (Å²) in [7, 11) is -7.57. The van der Waals surface area contributed by atoms with Crippen LogP contribution >= 0.6 is 0 Å². The van der Waals surface area contributed by atoms with Gasteiger partial charge in [0.1, 0.15) is 6.04 Å². The lowest BCUT2D eigenvalue weighted by Crippen LogP contribution is -2.50. The van der Waals surface area contributed by atoms with E-state index in [-0.39, 0.29) is 16.1 Å². The molecule has 0 aliphatic carbocycles. The number of H-pyrrole nitrogens is 2. The SMILES string of the molecule is N#CC1CCCCN1S(=O)(=O)c1nc2ccccc2[nH]1.N/C(=N\O)C1CCCCN1S(=O)(=O)c1nc2ccccc2[nH]1. The number of nitrogens with zero attached hydrogens (tertiary/aromatic N) is 6. The van der Waals surface area contributed by atoms with Crippen molar-refractivity contribution in [2.45, 2.75) is 60.9 Å². The highest BCUT2D eigenvalue weighted by molar-refractivity contribution is 7.89. The lowest BCUT2D eigenvalue weighted by atomic mass is 10.0. The van der Waals surface area contributed by atoms with Crippen LogP contribution in [0.3, 0.4) is 0 Å². The van der Waals surface area contributed by atoms with Gasteiger partial charge in [-0.25, -0.2) is 26.8 Å². The van der Waals surface area contributed by atoms with Crippen molar-refractivity contribution < 1.29 is 22.0 Å². The molecule has 6 rings (SSSR count). The fraction of sp³-hybridized carbons (Fsp3) is 0.385. The van der Waals surface area contributed by atoms with Crippen molar-refractivity contribution in [2.24, 2.45) is 10.9 Å². The number of hydrogen-bond donors (Lipinski definition) is 4. The second-order valence-corrected chi connectivity index (χ2v) is 13.6. The molecule has 2 atom stereocenters. The van der Waals surface area contributed by atoms with E-state index in [0.717, 1.165) is 25.7 Å². The van der Waals surface area contributed by atoms with Crippen LogP contribution in [-0.4, -0.2) is 81.6 Å². The quantitative estimate of drug-likeness (QED) is 0.112. The fourth-order valence-corrected chi connectivity index (χ4v) is 8.33. The van der Waals surface area contributed by atoms with Gasteiger partial charge in [0.25, 0.3) is 20.0 Å². The minimum atomic E-state index is -3.83. The second kappa shape index (κ2) is 12.1. The number of amidine groups is 1. The molecule has 0 radical (unpaired) electrons. The van der Waals surface area contributed by atoms with Crippen LogP contribution in [0, 0.1) is 11.3 Å². The Bertz CT molecular complexity index is 1800. The van der Waals surface area contributed by atoms with Gasteiger partial charge in [-0.2, -0.15) is 13.9 Å². The van der Waals surface area contributed by atoms with E-state index in [2.05, 4.69) is 31.2 Å². The van der Waals surface area contributed by atoms with Gasteiger partial charge in [0, 0.05) is 13.1 Å². The van der Waals surface area contributed by atoms with Crippen molar-refractivity contribution in [2.75, 3.05) is 13.1 Å². The average molecular weight is 614 g/mol. The number of oxime groups is 1. The summed E-state index contributed by atoms with van der Waals surface area (Å²) in [6.45, 7) is 0.692. The number of imidazole rings is 2. The molecule has 2 aromatic carbocycles. The summed E-state index contributed by atoms with van der Waals surface area (Å²) in [5, 5.41) is 20.8. The zero-order valence-electron chi connectivity index (χ0n) is 22.6. The molecule has 0 amide bonds. The predicted octanol–water partition coefficient (Wildman–Crippen LogP) is 2.48. The molecular weight excluding hydrogens is 582 g/mol. The summed E-state index contributed by atoms with van der Waals surface area (Å²) < 4.78 is 53.4. The first-order valence-electron chi connectivity index (χ1n) is 13.5. The number of nitrogens with two attached hydrogens (primary N) is 1. The standard InChI is InChI=1S/C13H17N5O3S.C13H14N4O2S/c14-12(17-19)11-7-3-4-8-18(11)22(20,21)13-15-9-5-1-2-6-10(9)16-13;14-9-10-5-3-4-8-17(10)20(18,19)13-15-11-6-1-2-7-12(11)16-13/h1-2,5-6,11,19H,3-4,7-8H2,(H2,14,17)(H,15,16);1-2,6-7,10H,3-5,8H2,(H,15,16). The van der Waals surface area contributed by atoms with Crippen molar-refractivity contribution in [3.05, 3.63) is 48.5 Å². The second-order valence-electron chi connectivity index (χ2n) is 10.0. The Balaban J connectivity index is 0.000000169. The zero-order valence-corrected chi connectivity index (χ0v) is 24.2. The van der Waals surface area contributed by atoms with Crippen LogP contribution in [0.4, 0.5) is 0 Å². The summed E-state index contributed by atoms with van der Waals surface area (Å²) in [5.74, 6) is -0.0978. The number of para-hydroxylation sites is 4. The molecule has 4 aromatic rings. The van der Waals surface area contributed by atoms with Crippen LogP contribution in [0.1, 0.15) is 38.5 Å². The smallest absolute Gasteiger partial charge is 0.278 e. The monoisotopic (exact) mass is 613 g/mol. The van der Waals surface area contributed by atoms with Crippen LogP contribution in [0.5, 0.6) is 0 Å². The van der Waals surface area contributed by atoms with E-state index in [4.69, 9.17) is 16.2 Å². The first-order valence-corrected chi connectivity index (χ1v) is 16.3. The molecule has 2 fully saturated rings. The molecule has 5 N–H and O–H groups in total. The molecule has 42 heavy (non-hydrogen) atoms. The minimum absolute atomic E-state index is 0.0825. The maximum Gasteiger partial charge on any atom is 0.278 e. The zero-order chi connectivity index (χ0) is 29.9. The van der Waals surface area contributed by atoms with E-state index in [1.54, 1.807) is 42.5 Å². The van der Waals surface area contributed by atoms with Crippen LogP contribution in [0.25, 0.3) is 22.1 Å². The first-order chi connectivity index (χ1) is 20.2. The number of fused-ring (bicyclic) bond motifs is 2. The van der Waals surface area contributed by atoms with E-state index in [9.17, 15) is 16.8 Å². The molecule has 2 saturated heterocycles. The van der Waals surface area contributed by atoms with E-state index in [1.165, 1.54) is 8.61 Å². The summed E-state index contributed by atoms with van der Waals surface area (Å²) >= 11 is 0. The van der Waals surface area contributed by atoms with E-state index in [1.807, 2.05) is 6.07 Å². The molecule has 16 heteroatoms. The number of piperidine rings is 2. The molecule has 2 aliphatic rings. The molecule has 2 aromatic heterocycles. The Labute approximate surface area is 243 Å². The number of aromatic amines is 2. The Morgan fingerprint density at radius 2 is 1.36 bits per heavy atom. The number of hydrogen-bond acceptors (Lipinski definition) is 9. The molecule has 14 nitrogen and oxygen atoms in total. The Kier molecular flexibility index (Phi) is 8.45. The maximum absolute atomic E-state index is 12.8. The van der Waals surface area contributed by atoms with Gasteiger partial charge < -0.3 is 20.9 Å². The van der Waals surface area contributed by atoms with Crippen molar-refractivity contribution >= 4 is 47.9 Å². The molecular formula is C26H31N9O5S2. The minimum Gasteiger partial charge on any atom is -0.409 e. The maximum atomic E-state index is 12.8. The molecule has 4 heterocycles. The number of nitrogens with one attached hydrogen (secondary N) is 2. The highest BCUT2D eigenvalue weighted by atomic mass is 32.2. The van der Waals surface area contributed by atoms with Gasteiger partial charge >= 0.3 is 0 Å². The normalized spacial score (nSPS) is 21.1. The van der Waals surface area contributed by atoms with Crippen molar-refractivity contribution in [1.29, 1.82) is 5.26 Å². The molecule has 2 aliphatic heterocycles. The van der Waals surface area contributed by atoms with Crippen molar-refractivity contribution in [3.63, 3.8) is 0 Å².